The van der Waals surface area contributed by atoms with Crippen molar-refractivity contribution in [2.75, 3.05) is 24.5 Å². The van der Waals surface area contributed by atoms with Gasteiger partial charge in [0.1, 0.15) is 18.5 Å². The molecule has 0 aliphatic carbocycles. The predicted molar refractivity (Wildman–Crippen MR) is 128 cm³/mol. The molecule has 2 fully saturated rings. The molecular weight excluding hydrogens is 421 g/mol. The molecule has 1 aromatic heterocycles. The second-order valence-electron chi connectivity index (χ2n) is 8.77. The van der Waals surface area contributed by atoms with E-state index in [4.69, 9.17) is 0 Å². The minimum atomic E-state index is -0.0930. The van der Waals surface area contributed by atoms with E-state index in [-0.39, 0.29) is 5.82 Å². The van der Waals surface area contributed by atoms with Crippen molar-refractivity contribution in [1.29, 1.82) is 0 Å². The van der Waals surface area contributed by atoms with Crippen LogP contribution in [0, 0.1) is 5.82 Å². The lowest BCUT2D eigenvalue weighted by molar-refractivity contribution is 0.395. The van der Waals surface area contributed by atoms with Gasteiger partial charge in [0.25, 0.3) is 0 Å². The van der Waals surface area contributed by atoms with Crippen molar-refractivity contribution in [1.82, 2.24) is 19.1 Å². The molecule has 2 aliphatic rings. The monoisotopic (exact) mass is 451 g/mol. The van der Waals surface area contributed by atoms with Crippen LogP contribution in [0.25, 0.3) is 0 Å². The van der Waals surface area contributed by atoms with Gasteiger partial charge < -0.3 is 9.47 Å². The lowest BCUT2D eigenvalue weighted by Gasteiger charge is -2.34. The standard InChI is InChI=1S/C25H30FN5S/c26-24-16-23(29-14-11-22(12-15-29)30-18-27-28-19-30)10-9-21(24)17-31-13-5-4-8-25(32-31)20-6-2-1-3-7-20/h1-3,6-7,9-10,16,18-19,22,25H,4-5,8,11-15,17H2. The summed E-state index contributed by atoms with van der Waals surface area (Å²) >= 11 is 1.88. The molecule has 3 heterocycles. The Bertz CT molecular complexity index is 989. The molecule has 1 unspecified atom stereocenters. The third kappa shape index (κ3) is 4.99. The molecule has 0 spiro atoms. The fraction of sp³-hybridized carbons (Fsp3) is 0.440. The first-order valence-corrected chi connectivity index (χ1v) is 12.4. The van der Waals surface area contributed by atoms with Crippen LogP contribution in [0.5, 0.6) is 0 Å². The maximum Gasteiger partial charge on any atom is 0.129 e. The van der Waals surface area contributed by atoms with E-state index in [9.17, 15) is 0 Å². The van der Waals surface area contributed by atoms with E-state index in [2.05, 4.69) is 60.4 Å². The van der Waals surface area contributed by atoms with Crippen LogP contribution in [0.2, 0.25) is 0 Å². The Balaban J connectivity index is 1.22. The fourth-order valence-electron chi connectivity index (χ4n) is 4.79. The summed E-state index contributed by atoms with van der Waals surface area (Å²) in [6, 6.07) is 16.9. The number of anilines is 1. The lowest BCUT2D eigenvalue weighted by atomic mass is 10.0. The van der Waals surface area contributed by atoms with E-state index >= 15 is 4.39 Å². The van der Waals surface area contributed by atoms with Crippen molar-refractivity contribution in [2.24, 2.45) is 0 Å². The normalized spacial score (nSPS) is 20.9. The number of hydrogen-bond donors (Lipinski definition) is 0. The molecule has 168 valence electrons. The quantitative estimate of drug-likeness (QED) is 0.470. The van der Waals surface area contributed by atoms with Gasteiger partial charge in [-0.3, -0.25) is 0 Å². The van der Waals surface area contributed by atoms with E-state index in [1.54, 1.807) is 18.7 Å². The fourth-order valence-corrected chi connectivity index (χ4v) is 6.14. The van der Waals surface area contributed by atoms with Crippen molar-refractivity contribution < 1.29 is 4.39 Å². The maximum absolute atomic E-state index is 15.1. The van der Waals surface area contributed by atoms with Gasteiger partial charge in [0, 0.05) is 48.7 Å². The number of benzene rings is 2. The molecule has 2 aromatic carbocycles. The van der Waals surface area contributed by atoms with Crippen LogP contribution >= 0.6 is 11.9 Å². The molecule has 5 rings (SSSR count). The summed E-state index contributed by atoms with van der Waals surface area (Å²) < 4.78 is 19.5. The molecule has 0 saturated carbocycles. The van der Waals surface area contributed by atoms with Gasteiger partial charge in [0.2, 0.25) is 0 Å². The van der Waals surface area contributed by atoms with Crippen LogP contribution < -0.4 is 4.90 Å². The zero-order valence-corrected chi connectivity index (χ0v) is 19.1. The van der Waals surface area contributed by atoms with Crippen LogP contribution in [0.4, 0.5) is 10.1 Å². The average molecular weight is 452 g/mol. The van der Waals surface area contributed by atoms with Crippen molar-refractivity contribution in [3.05, 3.63) is 78.1 Å². The minimum Gasteiger partial charge on any atom is -0.371 e. The van der Waals surface area contributed by atoms with Crippen molar-refractivity contribution in [3.8, 4) is 0 Å². The third-order valence-electron chi connectivity index (χ3n) is 6.64. The molecule has 0 amide bonds. The minimum absolute atomic E-state index is 0.0930. The summed E-state index contributed by atoms with van der Waals surface area (Å²) in [5, 5.41) is 8.28. The molecule has 0 radical (unpaired) electrons. The zero-order chi connectivity index (χ0) is 21.8. The topological polar surface area (TPSA) is 37.2 Å². The van der Waals surface area contributed by atoms with Crippen LogP contribution in [-0.4, -0.2) is 38.7 Å². The summed E-state index contributed by atoms with van der Waals surface area (Å²) in [5.41, 5.74) is 3.14. The molecule has 2 saturated heterocycles. The number of hydrogen-bond acceptors (Lipinski definition) is 5. The lowest BCUT2D eigenvalue weighted by Crippen LogP contribution is -2.34. The van der Waals surface area contributed by atoms with Gasteiger partial charge in [-0.1, -0.05) is 54.8 Å². The summed E-state index contributed by atoms with van der Waals surface area (Å²) in [5.74, 6) is -0.0930. The van der Waals surface area contributed by atoms with Crippen LogP contribution in [0.15, 0.2) is 61.2 Å². The summed E-state index contributed by atoms with van der Waals surface area (Å²) in [7, 11) is 0. The first-order chi connectivity index (χ1) is 15.8. The van der Waals surface area contributed by atoms with Gasteiger partial charge in [-0.2, -0.15) is 0 Å². The molecule has 2 aliphatic heterocycles. The van der Waals surface area contributed by atoms with Gasteiger partial charge >= 0.3 is 0 Å². The van der Waals surface area contributed by atoms with Crippen molar-refractivity contribution >= 4 is 17.6 Å². The third-order valence-corrected chi connectivity index (χ3v) is 8.01. The van der Waals surface area contributed by atoms with Crippen LogP contribution in [-0.2, 0) is 6.54 Å². The van der Waals surface area contributed by atoms with E-state index < -0.39 is 0 Å². The number of aromatic nitrogens is 3. The number of nitrogens with zero attached hydrogens (tertiary/aromatic N) is 5. The molecule has 0 N–H and O–H groups in total. The van der Waals surface area contributed by atoms with Gasteiger partial charge in [-0.25, -0.2) is 8.70 Å². The van der Waals surface area contributed by atoms with Gasteiger partial charge in [-0.15, -0.1) is 10.2 Å². The number of halogens is 1. The van der Waals surface area contributed by atoms with E-state index in [0.717, 1.165) is 50.1 Å². The largest absolute Gasteiger partial charge is 0.371 e. The molecule has 3 aromatic rings. The Morgan fingerprint density at radius 3 is 2.44 bits per heavy atom. The summed E-state index contributed by atoms with van der Waals surface area (Å²) in [4.78, 5) is 2.29. The highest BCUT2D eigenvalue weighted by atomic mass is 32.2. The highest BCUT2D eigenvalue weighted by Gasteiger charge is 2.23. The van der Waals surface area contributed by atoms with E-state index in [0.29, 0.717) is 17.8 Å². The van der Waals surface area contributed by atoms with E-state index in [1.165, 1.54) is 18.4 Å². The summed E-state index contributed by atoms with van der Waals surface area (Å²) in [6.07, 6.45) is 9.18. The first kappa shape index (κ1) is 21.5. The molecular formula is C25H30FN5S. The van der Waals surface area contributed by atoms with Crippen LogP contribution in [0.3, 0.4) is 0 Å². The second kappa shape index (κ2) is 10.0. The molecule has 1 atom stereocenters. The van der Waals surface area contributed by atoms with Crippen molar-refractivity contribution in [2.45, 2.75) is 49.9 Å². The smallest absolute Gasteiger partial charge is 0.129 e. The molecule has 0 bridgehead atoms. The Morgan fingerprint density at radius 2 is 1.69 bits per heavy atom. The molecule has 32 heavy (non-hydrogen) atoms. The Hall–Kier alpha value is -2.38. The maximum atomic E-state index is 15.1. The highest BCUT2D eigenvalue weighted by molar-refractivity contribution is 7.97. The first-order valence-electron chi connectivity index (χ1n) is 11.6. The SMILES string of the molecule is Fc1cc(N2CCC(n3cnnc3)CC2)ccc1CN1CCCCC(c2ccccc2)S1. The average Bonchev–Trinajstić information content (AvgIpc) is 3.28. The van der Waals surface area contributed by atoms with Gasteiger partial charge in [-0.05, 0) is 43.4 Å². The number of rotatable bonds is 5. The second-order valence-corrected chi connectivity index (χ2v) is 10.1. The Labute approximate surface area is 193 Å². The van der Waals surface area contributed by atoms with E-state index in [1.807, 2.05) is 18.0 Å². The zero-order valence-electron chi connectivity index (χ0n) is 18.3. The van der Waals surface area contributed by atoms with Crippen molar-refractivity contribution in [3.63, 3.8) is 0 Å². The highest BCUT2D eigenvalue weighted by Crippen LogP contribution is 2.39. The number of piperidine rings is 1. The molecule has 5 nitrogen and oxygen atoms in total. The predicted octanol–water partition coefficient (Wildman–Crippen LogP) is 5.63. The molecule has 7 heteroatoms. The van der Waals surface area contributed by atoms with Gasteiger partial charge in [0.05, 0.1) is 0 Å². The summed E-state index contributed by atoms with van der Waals surface area (Å²) in [6.45, 7) is 3.49. The van der Waals surface area contributed by atoms with Crippen LogP contribution in [0.1, 0.15) is 54.5 Å². The van der Waals surface area contributed by atoms with Gasteiger partial charge in [0.15, 0.2) is 0 Å². The Morgan fingerprint density at radius 1 is 0.906 bits per heavy atom. The Kier molecular flexibility index (Phi) is 6.74.